The summed E-state index contributed by atoms with van der Waals surface area (Å²) in [6.07, 6.45) is 14.5. The fourth-order valence-electron chi connectivity index (χ4n) is 3.70. The Morgan fingerprint density at radius 3 is 2.65 bits per heavy atom. The average molecular weight is 275 g/mol. The summed E-state index contributed by atoms with van der Waals surface area (Å²) in [6.45, 7) is 1.26. The molecule has 1 heterocycles. The van der Waals surface area contributed by atoms with E-state index in [1.165, 1.54) is 70.0 Å². The minimum atomic E-state index is 0.857. The SMILES string of the molecule is Cn1nccc1CCC1CCCCCC1CNC1CC1. The number of aryl methyl sites for hydroxylation is 2. The number of nitrogens with one attached hydrogen (secondary N) is 1. The van der Waals surface area contributed by atoms with Crippen LogP contribution in [0.15, 0.2) is 12.3 Å². The monoisotopic (exact) mass is 275 g/mol. The van der Waals surface area contributed by atoms with Gasteiger partial charge in [0.2, 0.25) is 0 Å². The molecular formula is C17H29N3. The van der Waals surface area contributed by atoms with Gasteiger partial charge in [0, 0.05) is 25.0 Å². The second-order valence-corrected chi connectivity index (χ2v) is 6.83. The highest BCUT2D eigenvalue weighted by molar-refractivity contribution is 5.00. The van der Waals surface area contributed by atoms with Gasteiger partial charge in [-0.2, -0.15) is 5.10 Å². The Bertz CT molecular complexity index is 408. The number of rotatable bonds is 6. The van der Waals surface area contributed by atoms with Crippen molar-refractivity contribution in [1.82, 2.24) is 15.1 Å². The Morgan fingerprint density at radius 2 is 1.95 bits per heavy atom. The zero-order chi connectivity index (χ0) is 13.8. The van der Waals surface area contributed by atoms with Crippen molar-refractivity contribution in [1.29, 1.82) is 0 Å². The van der Waals surface area contributed by atoms with Crippen molar-refractivity contribution in [2.24, 2.45) is 18.9 Å². The second kappa shape index (κ2) is 6.75. The van der Waals surface area contributed by atoms with Crippen molar-refractivity contribution in [3.8, 4) is 0 Å². The van der Waals surface area contributed by atoms with Gasteiger partial charge in [-0.15, -0.1) is 0 Å². The molecule has 0 saturated heterocycles. The molecule has 2 atom stereocenters. The first-order chi connectivity index (χ1) is 9.83. The summed E-state index contributed by atoms with van der Waals surface area (Å²) >= 11 is 0. The molecule has 2 saturated carbocycles. The van der Waals surface area contributed by atoms with E-state index in [4.69, 9.17) is 0 Å². The fourth-order valence-corrected chi connectivity index (χ4v) is 3.70. The van der Waals surface area contributed by atoms with Crippen molar-refractivity contribution < 1.29 is 0 Å². The summed E-state index contributed by atoms with van der Waals surface area (Å²) in [6, 6.07) is 3.03. The van der Waals surface area contributed by atoms with Gasteiger partial charge in [-0.25, -0.2) is 0 Å². The summed E-state index contributed by atoms with van der Waals surface area (Å²) < 4.78 is 2.04. The smallest absolute Gasteiger partial charge is 0.0492 e. The molecule has 2 unspecified atom stereocenters. The Kier molecular flexibility index (Phi) is 4.77. The van der Waals surface area contributed by atoms with Crippen LogP contribution in [-0.4, -0.2) is 22.4 Å². The van der Waals surface area contributed by atoms with Crippen LogP contribution in [0.3, 0.4) is 0 Å². The number of aromatic nitrogens is 2. The zero-order valence-electron chi connectivity index (χ0n) is 12.9. The van der Waals surface area contributed by atoms with E-state index in [9.17, 15) is 0 Å². The summed E-state index contributed by atoms with van der Waals surface area (Å²) in [5.74, 6) is 1.82. The van der Waals surface area contributed by atoms with Crippen LogP contribution in [0.25, 0.3) is 0 Å². The minimum absolute atomic E-state index is 0.857. The van der Waals surface area contributed by atoms with Crippen molar-refractivity contribution in [3.63, 3.8) is 0 Å². The summed E-state index contributed by atoms with van der Waals surface area (Å²) in [4.78, 5) is 0. The quantitative estimate of drug-likeness (QED) is 0.807. The molecule has 1 N–H and O–H groups in total. The molecular weight excluding hydrogens is 246 g/mol. The largest absolute Gasteiger partial charge is 0.314 e. The number of hydrogen-bond donors (Lipinski definition) is 1. The van der Waals surface area contributed by atoms with E-state index < -0.39 is 0 Å². The van der Waals surface area contributed by atoms with Gasteiger partial charge in [0.15, 0.2) is 0 Å². The molecule has 1 aromatic heterocycles. The lowest BCUT2D eigenvalue weighted by Crippen LogP contribution is -2.29. The maximum atomic E-state index is 4.29. The molecule has 0 bridgehead atoms. The first kappa shape index (κ1) is 14.1. The summed E-state index contributed by atoms with van der Waals surface area (Å²) in [5.41, 5.74) is 1.39. The van der Waals surface area contributed by atoms with E-state index in [1.807, 2.05) is 10.9 Å². The van der Waals surface area contributed by atoms with Crippen molar-refractivity contribution in [2.45, 2.75) is 63.8 Å². The highest BCUT2D eigenvalue weighted by Gasteiger charge is 2.27. The normalized spacial score (nSPS) is 27.4. The molecule has 3 nitrogen and oxygen atoms in total. The van der Waals surface area contributed by atoms with Gasteiger partial charge in [-0.3, -0.25) is 4.68 Å². The maximum absolute atomic E-state index is 4.29. The fraction of sp³-hybridized carbons (Fsp3) is 0.824. The maximum Gasteiger partial charge on any atom is 0.0492 e. The lowest BCUT2D eigenvalue weighted by Gasteiger charge is -2.25. The highest BCUT2D eigenvalue weighted by Crippen LogP contribution is 2.32. The van der Waals surface area contributed by atoms with E-state index in [0.29, 0.717) is 0 Å². The predicted molar refractivity (Wildman–Crippen MR) is 82.6 cm³/mol. The molecule has 1 aromatic rings. The molecule has 0 spiro atoms. The van der Waals surface area contributed by atoms with Crippen molar-refractivity contribution in [2.75, 3.05) is 6.54 Å². The standard InChI is InChI=1S/C17H29N3/c1-20-17(11-12-19-20)10-7-14-5-3-2-4-6-15(14)13-18-16-8-9-16/h11-12,14-16,18H,2-10,13H2,1H3. The van der Waals surface area contributed by atoms with Gasteiger partial charge in [0.25, 0.3) is 0 Å². The molecule has 2 fully saturated rings. The van der Waals surface area contributed by atoms with Gasteiger partial charge >= 0.3 is 0 Å². The molecule has 20 heavy (non-hydrogen) atoms. The third kappa shape index (κ3) is 3.85. The van der Waals surface area contributed by atoms with Crippen LogP contribution in [0.2, 0.25) is 0 Å². The van der Waals surface area contributed by atoms with Crippen LogP contribution in [0.1, 0.15) is 57.1 Å². The van der Waals surface area contributed by atoms with Crippen molar-refractivity contribution in [3.05, 3.63) is 18.0 Å². The van der Waals surface area contributed by atoms with E-state index in [0.717, 1.165) is 17.9 Å². The van der Waals surface area contributed by atoms with Crippen LogP contribution in [-0.2, 0) is 13.5 Å². The Balaban J connectivity index is 1.53. The number of hydrogen-bond acceptors (Lipinski definition) is 2. The van der Waals surface area contributed by atoms with E-state index in [1.54, 1.807) is 0 Å². The van der Waals surface area contributed by atoms with Crippen LogP contribution in [0, 0.1) is 11.8 Å². The zero-order valence-corrected chi connectivity index (χ0v) is 12.9. The molecule has 0 amide bonds. The lowest BCUT2D eigenvalue weighted by atomic mass is 9.84. The molecule has 2 aliphatic rings. The first-order valence-electron chi connectivity index (χ1n) is 8.53. The minimum Gasteiger partial charge on any atom is -0.314 e. The molecule has 0 aliphatic heterocycles. The predicted octanol–water partition coefficient (Wildman–Crippen LogP) is 3.30. The van der Waals surface area contributed by atoms with Crippen LogP contribution in [0.5, 0.6) is 0 Å². The summed E-state index contributed by atoms with van der Waals surface area (Å²) in [7, 11) is 2.06. The van der Waals surface area contributed by atoms with Gasteiger partial charge in [0.1, 0.15) is 0 Å². The Morgan fingerprint density at radius 1 is 1.15 bits per heavy atom. The van der Waals surface area contributed by atoms with Crippen molar-refractivity contribution >= 4 is 0 Å². The molecule has 3 heteroatoms. The molecule has 3 rings (SSSR count). The highest BCUT2D eigenvalue weighted by atomic mass is 15.2. The second-order valence-electron chi connectivity index (χ2n) is 6.83. The Hall–Kier alpha value is -0.830. The van der Waals surface area contributed by atoms with Gasteiger partial charge in [-0.05, 0) is 56.6 Å². The summed E-state index contributed by atoms with van der Waals surface area (Å²) in [5, 5.41) is 8.06. The van der Waals surface area contributed by atoms with E-state index >= 15 is 0 Å². The van der Waals surface area contributed by atoms with E-state index in [-0.39, 0.29) is 0 Å². The van der Waals surface area contributed by atoms with E-state index in [2.05, 4.69) is 23.5 Å². The molecule has 2 aliphatic carbocycles. The molecule has 0 aromatic carbocycles. The lowest BCUT2D eigenvalue weighted by molar-refractivity contribution is 0.281. The van der Waals surface area contributed by atoms with Gasteiger partial charge in [0.05, 0.1) is 0 Å². The Labute approximate surface area is 123 Å². The molecule has 112 valence electrons. The van der Waals surface area contributed by atoms with Gasteiger partial charge < -0.3 is 5.32 Å². The molecule has 0 radical (unpaired) electrons. The van der Waals surface area contributed by atoms with Gasteiger partial charge in [-0.1, -0.05) is 25.7 Å². The average Bonchev–Trinajstić information content (AvgIpc) is 3.22. The topological polar surface area (TPSA) is 29.9 Å². The third-order valence-corrected chi connectivity index (χ3v) is 5.26. The van der Waals surface area contributed by atoms with Crippen LogP contribution in [0.4, 0.5) is 0 Å². The van der Waals surface area contributed by atoms with Crippen LogP contribution < -0.4 is 5.32 Å². The number of nitrogens with zero attached hydrogens (tertiary/aromatic N) is 2. The third-order valence-electron chi connectivity index (χ3n) is 5.26. The van der Waals surface area contributed by atoms with Crippen LogP contribution >= 0.6 is 0 Å². The first-order valence-corrected chi connectivity index (χ1v) is 8.53.